The lowest BCUT2D eigenvalue weighted by Gasteiger charge is -2.18. The average molecular weight is 326 g/mol. The van der Waals surface area contributed by atoms with E-state index in [0.29, 0.717) is 12.3 Å². The Hall–Kier alpha value is -1.68. The van der Waals surface area contributed by atoms with Gasteiger partial charge in [-0.1, -0.05) is 13.8 Å². The Labute approximate surface area is 119 Å². The van der Waals surface area contributed by atoms with Gasteiger partial charge in [0.1, 0.15) is 16.6 Å². The van der Waals surface area contributed by atoms with Crippen LogP contribution < -0.4 is 4.72 Å². The van der Waals surface area contributed by atoms with E-state index < -0.39 is 44.7 Å². The van der Waals surface area contributed by atoms with Crippen LogP contribution in [0, 0.1) is 5.92 Å². The zero-order valence-corrected chi connectivity index (χ0v) is 11.9. The fourth-order valence-corrected chi connectivity index (χ4v) is 2.70. The van der Waals surface area contributed by atoms with E-state index >= 15 is 0 Å². The highest BCUT2D eigenvalue weighted by Gasteiger charge is 2.33. The third-order valence-electron chi connectivity index (χ3n) is 2.55. The number of aromatic nitrogens is 1. The number of halogens is 3. The first-order valence-corrected chi connectivity index (χ1v) is 7.22. The Morgan fingerprint density at radius 2 is 1.90 bits per heavy atom. The first-order valence-electron chi connectivity index (χ1n) is 5.73. The summed E-state index contributed by atoms with van der Waals surface area (Å²) in [4.78, 5) is 13.4. The largest absolute Gasteiger partial charge is 0.480 e. The summed E-state index contributed by atoms with van der Waals surface area (Å²) in [6, 6.07) is -0.158. The Morgan fingerprint density at radius 1 is 1.33 bits per heavy atom. The molecule has 1 unspecified atom stereocenters. The molecule has 0 fully saturated rings. The molecule has 0 saturated heterocycles. The van der Waals surface area contributed by atoms with Crippen LogP contribution in [0.25, 0.3) is 0 Å². The zero-order chi connectivity index (χ0) is 16.4. The molecule has 0 aliphatic carbocycles. The molecule has 1 aromatic heterocycles. The van der Waals surface area contributed by atoms with Crippen molar-refractivity contribution < 1.29 is 31.5 Å². The van der Waals surface area contributed by atoms with Gasteiger partial charge in [0.05, 0.1) is 0 Å². The second kappa shape index (κ2) is 5.98. The van der Waals surface area contributed by atoms with E-state index in [1.807, 2.05) is 4.72 Å². The minimum absolute atomic E-state index is 0.514. The lowest BCUT2D eigenvalue weighted by Crippen LogP contribution is -2.44. The van der Waals surface area contributed by atoms with E-state index in [2.05, 4.69) is 4.98 Å². The number of aliphatic carboxylic acids is 1. The minimum atomic E-state index is -4.68. The molecule has 0 aliphatic heterocycles. The smallest absolute Gasteiger partial charge is 0.433 e. The number of carboxylic acid groups (broad SMARTS) is 1. The van der Waals surface area contributed by atoms with Gasteiger partial charge in [0.25, 0.3) is 0 Å². The molecule has 1 heterocycles. The highest BCUT2D eigenvalue weighted by Crippen LogP contribution is 2.27. The maximum Gasteiger partial charge on any atom is 0.433 e. The van der Waals surface area contributed by atoms with Crippen molar-refractivity contribution in [3.8, 4) is 0 Å². The number of rotatable bonds is 5. The number of nitrogens with zero attached hydrogens (tertiary/aromatic N) is 1. The molecule has 0 radical (unpaired) electrons. The Kier molecular flexibility index (Phi) is 4.95. The van der Waals surface area contributed by atoms with E-state index in [9.17, 15) is 26.4 Å². The van der Waals surface area contributed by atoms with Crippen LogP contribution in [0.1, 0.15) is 19.5 Å². The van der Waals surface area contributed by atoms with Crippen LogP contribution in [0.2, 0.25) is 0 Å². The topological polar surface area (TPSA) is 96.4 Å². The number of alkyl halides is 3. The van der Waals surface area contributed by atoms with Crippen molar-refractivity contribution in [3.05, 3.63) is 24.0 Å². The van der Waals surface area contributed by atoms with Crippen molar-refractivity contribution in [2.75, 3.05) is 0 Å². The third kappa shape index (κ3) is 4.39. The van der Waals surface area contributed by atoms with Gasteiger partial charge in [-0.25, -0.2) is 8.42 Å². The summed E-state index contributed by atoms with van der Waals surface area (Å²) in [5.74, 6) is -1.92. The molecule has 0 aromatic carbocycles. The summed E-state index contributed by atoms with van der Waals surface area (Å²) in [5, 5.41) is 8.91. The zero-order valence-electron chi connectivity index (χ0n) is 11.0. The number of hydrogen-bond acceptors (Lipinski definition) is 4. The first-order chi connectivity index (χ1) is 9.45. The quantitative estimate of drug-likeness (QED) is 0.854. The molecule has 0 bridgehead atoms. The molecule has 0 aliphatic rings. The monoisotopic (exact) mass is 326 g/mol. The van der Waals surface area contributed by atoms with Crippen LogP contribution >= 0.6 is 0 Å². The Morgan fingerprint density at radius 3 is 2.24 bits per heavy atom. The summed E-state index contributed by atoms with van der Waals surface area (Å²) in [5.41, 5.74) is -1.24. The van der Waals surface area contributed by atoms with Crippen LogP contribution in [0.5, 0.6) is 0 Å². The van der Waals surface area contributed by atoms with E-state index in [1.54, 1.807) is 0 Å². The molecule has 6 nitrogen and oxygen atoms in total. The third-order valence-corrected chi connectivity index (χ3v) is 3.98. The van der Waals surface area contributed by atoms with Gasteiger partial charge >= 0.3 is 12.1 Å². The number of nitrogens with one attached hydrogen (secondary N) is 1. The molecule has 0 spiro atoms. The normalized spacial score (nSPS) is 14.2. The van der Waals surface area contributed by atoms with Gasteiger partial charge < -0.3 is 5.11 Å². The van der Waals surface area contributed by atoms with Gasteiger partial charge in [0, 0.05) is 6.20 Å². The lowest BCUT2D eigenvalue weighted by molar-refractivity contribution is -0.141. The Balaban J connectivity index is 3.06. The Bertz CT molecular complexity index is 611. The molecular weight excluding hydrogens is 313 g/mol. The van der Waals surface area contributed by atoms with Crippen molar-refractivity contribution in [1.82, 2.24) is 9.71 Å². The standard InChI is InChI=1S/C11H13F3N2O4S/c1-6(2)9(10(17)18)16-21(19,20)7-3-4-8(15-5-7)11(12,13)14/h3-6,9,16H,1-2H3,(H,17,18). The fourth-order valence-electron chi connectivity index (χ4n) is 1.41. The van der Waals surface area contributed by atoms with Gasteiger partial charge in [-0.2, -0.15) is 17.9 Å². The van der Waals surface area contributed by atoms with Gasteiger partial charge in [-0.15, -0.1) is 0 Å². The maximum atomic E-state index is 12.3. The van der Waals surface area contributed by atoms with Crippen molar-refractivity contribution in [2.24, 2.45) is 5.92 Å². The molecular formula is C11H13F3N2O4S. The molecule has 1 rings (SSSR count). The minimum Gasteiger partial charge on any atom is -0.480 e. The second-order valence-corrected chi connectivity index (χ2v) is 6.27. The summed E-state index contributed by atoms with van der Waals surface area (Å²) in [7, 11) is -4.27. The van der Waals surface area contributed by atoms with Crippen molar-refractivity contribution >= 4 is 16.0 Å². The average Bonchev–Trinajstić information content (AvgIpc) is 2.34. The van der Waals surface area contributed by atoms with Crippen molar-refractivity contribution in [1.29, 1.82) is 0 Å². The van der Waals surface area contributed by atoms with E-state index in [1.165, 1.54) is 13.8 Å². The first kappa shape index (κ1) is 17.4. The molecule has 2 N–H and O–H groups in total. The van der Waals surface area contributed by atoms with Gasteiger partial charge in [0.2, 0.25) is 10.0 Å². The molecule has 1 atom stereocenters. The maximum absolute atomic E-state index is 12.3. The summed E-state index contributed by atoms with van der Waals surface area (Å²) in [6.07, 6.45) is -4.15. The van der Waals surface area contributed by atoms with Gasteiger partial charge in [0.15, 0.2) is 0 Å². The summed E-state index contributed by atoms with van der Waals surface area (Å²) >= 11 is 0. The molecule has 118 valence electrons. The molecule has 1 aromatic rings. The number of carbonyl (C=O) groups is 1. The second-order valence-electron chi connectivity index (χ2n) is 4.56. The number of carboxylic acids is 1. The molecule has 0 amide bonds. The van der Waals surface area contributed by atoms with Crippen molar-refractivity contribution in [3.63, 3.8) is 0 Å². The number of sulfonamides is 1. The summed E-state index contributed by atoms with van der Waals surface area (Å²) in [6.45, 7) is 2.98. The van der Waals surface area contributed by atoms with Crippen molar-refractivity contribution in [2.45, 2.75) is 31.0 Å². The highest BCUT2D eigenvalue weighted by molar-refractivity contribution is 7.89. The van der Waals surface area contributed by atoms with Crippen LogP contribution in [0.3, 0.4) is 0 Å². The lowest BCUT2D eigenvalue weighted by atomic mass is 10.1. The number of pyridine rings is 1. The molecule has 21 heavy (non-hydrogen) atoms. The van der Waals surface area contributed by atoms with Crippen LogP contribution in [-0.2, 0) is 21.0 Å². The fraction of sp³-hybridized carbons (Fsp3) is 0.455. The van der Waals surface area contributed by atoms with Crippen LogP contribution in [0.15, 0.2) is 23.2 Å². The summed E-state index contributed by atoms with van der Waals surface area (Å²) < 4.78 is 62.7. The van der Waals surface area contributed by atoms with Gasteiger partial charge in [-0.3, -0.25) is 9.78 Å². The van der Waals surface area contributed by atoms with Gasteiger partial charge in [-0.05, 0) is 18.1 Å². The predicted molar refractivity (Wildman–Crippen MR) is 65.8 cm³/mol. The van der Waals surface area contributed by atoms with E-state index in [-0.39, 0.29) is 0 Å². The van der Waals surface area contributed by atoms with E-state index in [0.717, 1.165) is 6.07 Å². The van der Waals surface area contributed by atoms with Crippen LogP contribution in [0.4, 0.5) is 13.2 Å². The highest BCUT2D eigenvalue weighted by atomic mass is 32.2. The SMILES string of the molecule is CC(C)C(NS(=O)(=O)c1ccc(C(F)(F)F)nc1)C(=O)O. The predicted octanol–water partition coefficient (Wildman–Crippen LogP) is 1.49. The number of hydrogen-bond donors (Lipinski definition) is 2. The molecule has 10 heteroatoms. The van der Waals surface area contributed by atoms with Crippen LogP contribution in [-0.4, -0.2) is 30.5 Å². The molecule has 0 saturated carbocycles. The van der Waals surface area contributed by atoms with E-state index in [4.69, 9.17) is 5.11 Å².